The smallest absolute Gasteiger partial charge is 0.139 e. The summed E-state index contributed by atoms with van der Waals surface area (Å²) in [6.45, 7) is 2.86. The van der Waals surface area contributed by atoms with Crippen LogP contribution in [0.25, 0.3) is 0 Å². The van der Waals surface area contributed by atoms with Crippen molar-refractivity contribution in [3.8, 4) is 5.75 Å². The van der Waals surface area contributed by atoms with E-state index in [1.807, 2.05) is 43.3 Å². The van der Waals surface area contributed by atoms with Gasteiger partial charge < -0.3 is 10.1 Å². The van der Waals surface area contributed by atoms with Crippen LogP contribution in [0.4, 0.5) is 10.1 Å². The molecule has 0 unspecified atom stereocenters. The van der Waals surface area contributed by atoms with E-state index in [0.717, 1.165) is 37.1 Å². The van der Waals surface area contributed by atoms with Crippen LogP contribution in [0.1, 0.15) is 16.7 Å². The summed E-state index contributed by atoms with van der Waals surface area (Å²) in [6, 6.07) is 16.1. The van der Waals surface area contributed by atoms with Crippen LogP contribution < -0.4 is 10.1 Å². The van der Waals surface area contributed by atoms with Gasteiger partial charge in [-0.2, -0.15) is 0 Å². The van der Waals surface area contributed by atoms with Gasteiger partial charge in [-0.25, -0.2) is 4.39 Å². The molecule has 2 nitrogen and oxygen atoms in total. The van der Waals surface area contributed by atoms with Crippen LogP contribution in [0.3, 0.4) is 0 Å². The van der Waals surface area contributed by atoms with Gasteiger partial charge in [0.25, 0.3) is 0 Å². The quantitative estimate of drug-likeness (QED) is 0.368. The van der Waals surface area contributed by atoms with E-state index in [1.165, 1.54) is 12.1 Å². The van der Waals surface area contributed by atoms with Crippen LogP contribution >= 0.6 is 43.5 Å². The number of anilines is 1. The Labute approximate surface area is 180 Å². The molecule has 0 atom stereocenters. The lowest BCUT2D eigenvalue weighted by atomic mass is 10.1. The van der Waals surface area contributed by atoms with E-state index in [9.17, 15) is 4.39 Å². The predicted octanol–water partition coefficient (Wildman–Crippen LogP) is 7.50. The van der Waals surface area contributed by atoms with E-state index in [-0.39, 0.29) is 12.4 Å². The largest absolute Gasteiger partial charge is 0.487 e. The molecule has 0 fully saturated rings. The molecule has 3 aromatic rings. The monoisotopic (exact) mass is 511 g/mol. The molecule has 0 spiro atoms. The Kier molecular flexibility index (Phi) is 6.79. The van der Waals surface area contributed by atoms with E-state index in [4.69, 9.17) is 16.3 Å². The molecule has 3 aromatic carbocycles. The molecule has 0 saturated carbocycles. The highest BCUT2D eigenvalue weighted by molar-refractivity contribution is 9.11. The minimum Gasteiger partial charge on any atom is -0.487 e. The molecular formula is C21H17Br2ClFNO. The zero-order valence-corrected chi connectivity index (χ0v) is 18.5. The summed E-state index contributed by atoms with van der Waals surface area (Å²) < 4.78 is 21.2. The first-order chi connectivity index (χ1) is 12.9. The molecule has 0 aliphatic heterocycles. The normalized spacial score (nSPS) is 10.7. The van der Waals surface area contributed by atoms with Gasteiger partial charge in [-0.15, -0.1) is 0 Å². The Morgan fingerprint density at radius 1 is 1.07 bits per heavy atom. The third-order valence-electron chi connectivity index (χ3n) is 4.03. The van der Waals surface area contributed by atoms with Crippen molar-refractivity contribution in [1.82, 2.24) is 0 Å². The van der Waals surface area contributed by atoms with Gasteiger partial charge in [0, 0.05) is 27.3 Å². The minimum atomic E-state index is -0.274. The van der Waals surface area contributed by atoms with Crippen molar-refractivity contribution in [2.24, 2.45) is 0 Å². The summed E-state index contributed by atoms with van der Waals surface area (Å²) in [4.78, 5) is 0. The molecule has 0 amide bonds. The first-order valence-electron chi connectivity index (χ1n) is 8.27. The summed E-state index contributed by atoms with van der Waals surface area (Å²) in [5.74, 6) is 0.443. The Balaban J connectivity index is 1.80. The topological polar surface area (TPSA) is 21.3 Å². The van der Waals surface area contributed by atoms with Gasteiger partial charge in [0.2, 0.25) is 0 Å². The Morgan fingerprint density at radius 2 is 1.89 bits per heavy atom. The second-order valence-corrected chi connectivity index (χ2v) is 8.31. The lowest BCUT2D eigenvalue weighted by molar-refractivity contribution is 0.300. The number of ether oxygens (including phenoxy) is 1. The third-order valence-corrected chi connectivity index (χ3v) is 5.31. The molecule has 1 N–H and O–H groups in total. The zero-order valence-electron chi connectivity index (χ0n) is 14.5. The van der Waals surface area contributed by atoms with Gasteiger partial charge in [-0.05, 0) is 70.4 Å². The van der Waals surface area contributed by atoms with Gasteiger partial charge in [-0.3, -0.25) is 0 Å². The second kappa shape index (κ2) is 9.09. The van der Waals surface area contributed by atoms with Crippen molar-refractivity contribution in [2.75, 3.05) is 5.32 Å². The summed E-state index contributed by atoms with van der Waals surface area (Å²) in [6.07, 6.45) is 0. The van der Waals surface area contributed by atoms with Gasteiger partial charge in [0.05, 0.1) is 4.47 Å². The third kappa shape index (κ3) is 5.47. The van der Waals surface area contributed by atoms with Crippen molar-refractivity contribution in [1.29, 1.82) is 0 Å². The molecule has 0 bridgehead atoms. The second-order valence-electron chi connectivity index (χ2n) is 6.11. The minimum absolute atomic E-state index is 0.274. The Hall–Kier alpha value is -1.56. The maximum atomic E-state index is 13.4. The van der Waals surface area contributed by atoms with Crippen molar-refractivity contribution in [3.63, 3.8) is 0 Å². The van der Waals surface area contributed by atoms with Gasteiger partial charge in [-0.1, -0.05) is 45.7 Å². The zero-order chi connectivity index (χ0) is 19.4. The summed E-state index contributed by atoms with van der Waals surface area (Å²) in [7, 11) is 0. The van der Waals surface area contributed by atoms with Gasteiger partial charge in [0.15, 0.2) is 0 Å². The number of aryl methyl sites for hydroxylation is 1. The van der Waals surface area contributed by atoms with E-state index in [2.05, 4.69) is 37.2 Å². The average molecular weight is 514 g/mol. The van der Waals surface area contributed by atoms with Crippen molar-refractivity contribution in [3.05, 3.63) is 91.1 Å². The van der Waals surface area contributed by atoms with Crippen LogP contribution in [0, 0.1) is 12.7 Å². The highest BCUT2D eigenvalue weighted by Crippen LogP contribution is 2.34. The molecule has 0 saturated heterocycles. The van der Waals surface area contributed by atoms with E-state index < -0.39 is 0 Å². The summed E-state index contributed by atoms with van der Waals surface area (Å²) >= 11 is 13.2. The van der Waals surface area contributed by atoms with Crippen LogP contribution in [-0.2, 0) is 13.2 Å². The SMILES string of the molecule is Cc1ccc(Cl)cc1NCc1cc(Br)cc(Br)c1OCc1cccc(F)c1. The highest BCUT2D eigenvalue weighted by Gasteiger charge is 2.12. The molecule has 0 aromatic heterocycles. The van der Waals surface area contributed by atoms with Crippen molar-refractivity contribution in [2.45, 2.75) is 20.1 Å². The summed E-state index contributed by atoms with van der Waals surface area (Å²) in [5.41, 5.74) is 3.81. The molecule has 3 rings (SSSR count). The first-order valence-corrected chi connectivity index (χ1v) is 10.2. The number of nitrogens with one attached hydrogen (secondary N) is 1. The van der Waals surface area contributed by atoms with E-state index >= 15 is 0 Å². The molecule has 140 valence electrons. The molecule has 6 heteroatoms. The predicted molar refractivity (Wildman–Crippen MR) is 116 cm³/mol. The maximum absolute atomic E-state index is 13.4. The fourth-order valence-electron chi connectivity index (χ4n) is 2.66. The molecule has 27 heavy (non-hydrogen) atoms. The van der Waals surface area contributed by atoms with Crippen molar-refractivity contribution < 1.29 is 9.13 Å². The van der Waals surface area contributed by atoms with Gasteiger partial charge >= 0.3 is 0 Å². The maximum Gasteiger partial charge on any atom is 0.139 e. The number of hydrogen-bond donors (Lipinski definition) is 1. The molecule has 0 aliphatic carbocycles. The fraction of sp³-hybridized carbons (Fsp3) is 0.143. The first kappa shape index (κ1) is 20.2. The molecule has 0 radical (unpaired) electrons. The Morgan fingerprint density at radius 3 is 2.67 bits per heavy atom. The number of benzene rings is 3. The average Bonchev–Trinajstić information content (AvgIpc) is 2.61. The van der Waals surface area contributed by atoms with E-state index in [1.54, 1.807) is 6.07 Å². The van der Waals surface area contributed by atoms with E-state index in [0.29, 0.717) is 11.6 Å². The van der Waals surface area contributed by atoms with Crippen LogP contribution in [0.5, 0.6) is 5.75 Å². The highest BCUT2D eigenvalue weighted by atomic mass is 79.9. The molecule has 0 heterocycles. The lowest BCUT2D eigenvalue weighted by Crippen LogP contribution is -2.05. The van der Waals surface area contributed by atoms with Crippen LogP contribution in [0.15, 0.2) is 63.5 Å². The number of rotatable bonds is 6. The molecule has 0 aliphatic rings. The van der Waals surface area contributed by atoms with Crippen molar-refractivity contribution >= 4 is 49.1 Å². The number of hydrogen-bond acceptors (Lipinski definition) is 2. The fourth-order valence-corrected chi connectivity index (χ4v) is 4.26. The van der Waals surface area contributed by atoms with Gasteiger partial charge in [0.1, 0.15) is 18.2 Å². The lowest BCUT2D eigenvalue weighted by Gasteiger charge is -2.16. The Bertz CT molecular complexity index is 965. The van der Waals surface area contributed by atoms with Crippen LogP contribution in [0.2, 0.25) is 5.02 Å². The number of halogens is 4. The summed E-state index contributed by atoms with van der Waals surface area (Å²) in [5, 5.41) is 4.09. The standard InChI is InChI=1S/C21H17Br2ClFNO/c1-13-5-6-17(24)10-20(13)26-11-15-8-16(22)9-19(23)21(15)27-12-14-3-2-4-18(25)7-14/h2-10,26H,11-12H2,1H3. The molecular weight excluding hydrogens is 496 g/mol. The van der Waals surface area contributed by atoms with Crippen LogP contribution in [-0.4, -0.2) is 0 Å².